The molecule has 0 radical (unpaired) electrons. The molecule has 10 heteroatoms. The number of H-pyrrole nitrogens is 1. The molecule has 3 unspecified atom stereocenters. The van der Waals surface area contributed by atoms with Crippen molar-refractivity contribution in [1.82, 2.24) is 30.0 Å². The van der Waals surface area contributed by atoms with Crippen LogP contribution in [0.25, 0.3) is 0 Å². The van der Waals surface area contributed by atoms with Crippen LogP contribution in [0.1, 0.15) is 54.9 Å². The van der Waals surface area contributed by atoms with E-state index in [-0.39, 0.29) is 25.2 Å². The lowest BCUT2D eigenvalue weighted by Gasteiger charge is -2.26. The van der Waals surface area contributed by atoms with Gasteiger partial charge in [0, 0.05) is 19.7 Å². The van der Waals surface area contributed by atoms with Gasteiger partial charge in [-0.15, -0.1) is 0 Å². The number of hydrogen-bond acceptors (Lipinski definition) is 5. The summed E-state index contributed by atoms with van der Waals surface area (Å²) in [7, 11) is 1.46. The number of nitrogens with one attached hydrogen (secondary N) is 2. The van der Waals surface area contributed by atoms with Crippen LogP contribution in [0, 0.1) is 0 Å². The number of aromatic amines is 1. The predicted octanol–water partition coefficient (Wildman–Crippen LogP) is 2.01. The number of halogens is 1. The Morgan fingerprint density at radius 1 is 1.17 bits per heavy atom. The minimum atomic E-state index is -1.32. The highest BCUT2D eigenvalue weighted by Crippen LogP contribution is 2.26. The monoisotopic (exact) mass is 480 g/mol. The van der Waals surface area contributed by atoms with Gasteiger partial charge in [0.05, 0.1) is 24.7 Å². The van der Waals surface area contributed by atoms with Crippen molar-refractivity contribution in [2.75, 3.05) is 6.54 Å². The highest BCUT2D eigenvalue weighted by Gasteiger charge is 2.40. The number of pyridine rings is 1. The van der Waals surface area contributed by atoms with Crippen LogP contribution in [0.3, 0.4) is 0 Å². The Morgan fingerprint density at radius 3 is 2.51 bits per heavy atom. The van der Waals surface area contributed by atoms with Crippen molar-refractivity contribution in [2.24, 2.45) is 7.05 Å². The first kappa shape index (κ1) is 24.3. The molecule has 3 aromatic rings. The largest absolute Gasteiger partial charge is 0.343 e. The number of carbonyl (C=O) groups excluding carboxylic acids is 2. The maximum Gasteiger partial charge on any atom is 0.343 e. The normalized spacial score (nSPS) is 18.6. The molecule has 1 aliphatic rings. The lowest BCUT2D eigenvalue weighted by molar-refractivity contribution is -0.138. The summed E-state index contributed by atoms with van der Waals surface area (Å²) in [5, 5.41) is 6.94. The number of amides is 2. The second-order valence-corrected chi connectivity index (χ2v) is 9.10. The lowest BCUT2D eigenvalue weighted by atomic mass is 10.00. The summed E-state index contributed by atoms with van der Waals surface area (Å²) in [4.78, 5) is 46.2. The molecule has 0 spiro atoms. The van der Waals surface area contributed by atoms with Gasteiger partial charge in [0.2, 0.25) is 11.8 Å². The van der Waals surface area contributed by atoms with Gasteiger partial charge in [-0.25, -0.2) is 13.9 Å². The molecule has 1 aromatic carbocycles. The Kier molecular flexibility index (Phi) is 7.09. The van der Waals surface area contributed by atoms with E-state index in [1.54, 1.807) is 6.20 Å². The average Bonchev–Trinajstić information content (AvgIpc) is 3.39. The minimum absolute atomic E-state index is 0.0997. The van der Waals surface area contributed by atoms with Gasteiger partial charge in [-0.1, -0.05) is 50.2 Å². The van der Waals surface area contributed by atoms with Crippen LogP contribution in [-0.4, -0.2) is 55.2 Å². The first-order chi connectivity index (χ1) is 16.7. The van der Waals surface area contributed by atoms with Crippen LogP contribution in [0.2, 0.25) is 0 Å². The van der Waals surface area contributed by atoms with E-state index < -0.39 is 35.8 Å². The van der Waals surface area contributed by atoms with Crippen molar-refractivity contribution in [3.8, 4) is 0 Å². The number of aromatic nitrogens is 4. The predicted molar refractivity (Wildman–Crippen MR) is 127 cm³/mol. The third-order valence-corrected chi connectivity index (χ3v) is 6.20. The number of aryl methyl sites for hydroxylation is 1. The molecule has 0 bridgehead atoms. The number of benzene rings is 1. The molecule has 4 rings (SSSR count). The molecule has 9 nitrogen and oxygen atoms in total. The fraction of sp³-hybridized carbons (Fsp3) is 0.400. The molecule has 1 fully saturated rings. The zero-order chi connectivity index (χ0) is 25.1. The zero-order valence-corrected chi connectivity index (χ0v) is 19.9. The van der Waals surface area contributed by atoms with Crippen LogP contribution < -0.4 is 11.0 Å². The van der Waals surface area contributed by atoms with Crippen molar-refractivity contribution in [3.63, 3.8) is 0 Å². The van der Waals surface area contributed by atoms with Crippen LogP contribution in [-0.2, 0) is 23.1 Å². The Bertz CT molecular complexity index is 1240. The summed E-state index contributed by atoms with van der Waals surface area (Å²) in [6.45, 7) is 3.96. The fourth-order valence-electron chi connectivity index (χ4n) is 4.23. The van der Waals surface area contributed by atoms with Gasteiger partial charge in [0.15, 0.2) is 0 Å². The average molecular weight is 481 g/mol. The van der Waals surface area contributed by atoms with E-state index in [0.717, 1.165) is 15.8 Å². The van der Waals surface area contributed by atoms with Crippen LogP contribution >= 0.6 is 0 Å². The Labute approximate surface area is 202 Å². The number of rotatable bonds is 7. The molecule has 1 saturated heterocycles. The molecule has 3 atom stereocenters. The zero-order valence-electron chi connectivity index (χ0n) is 19.9. The number of alkyl halides is 1. The van der Waals surface area contributed by atoms with Crippen molar-refractivity contribution in [3.05, 3.63) is 81.8 Å². The topological polar surface area (TPSA) is 113 Å². The molecule has 35 heavy (non-hydrogen) atoms. The van der Waals surface area contributed by atoms with Gasteiger partial charge < -0.3 is 10.2 Å². The van der Waals surface area contributed by atoms with E-state index in [9.17, 15) is 18.8 Å². The molecule has 3 heterocycles. The summed E-state index contributed by atoms with van der Waals surface area (Å²) in [6, 6.07) is 11.7. The van der Waals surface area contributed by atoms with Crippen molar-refractivity contribution in [1.29, 1.82) is 0 Å². The number of hydrogen-bond donors (Lipinski definition) is 2. The molecule has 0 saturated carbocycles. The summed E-state index contributed by atoms with van der Waals surface area (Å²) in [5.74, 6) is -0.456. The first-order valence-corrected chi connectivity index (χ1v) is 11.6. The first-order valence-electron chi connectivity index (χ1n) is 11.6. The standard InChI is InChI=1S/C25H29FN6O3/c1-15(2)17-9-10-19(27-13-17)23(16-7-5-4-6-8-16)29-24(34)20-11-18(26)14-32(20)22(33)12-21-28-25(35)31(3)30-21/h4-10,13,15,18,20,23H,11-12,14H2,1-3H3,(H,29,34)(H,28,30,35). The van der Waals surface area contributed by atoms with Gasteiger partial charge >= 0.3 is 5.69 Å². The summed E-state index contributed by atoms with van der Waals surface area (Å²) in [5.41, 5.74) is 2.10. The van der Waals surface area contributed by atoms with E-state index in [1.807, 2.05) is 42.5 Å². The van der Waals surface area contributed by atoms with E-state index in [1.165, 1.54) is 11.9 Å². The number of carbonyl (C=O) groups is 2. The number of likely N-dealkylation sites (tertiary alicyclic amines) is 1. The Morgan fingerprint density at radius 2 is 1.91 bits per heavy atom. The maximum absolute atomic E-state index is 14.4. The smallest absolute Gasteiger partial charge is 0.342 e. The summed E-state index contributed by atoms with van der Waals surface area (Å²) < 4.78 is 15.5. The van der Waals surface area contributed by atoms with Crippen molar-refractivity contribution < 1.29 is 14.0 Å². The lowest BCUT2D eigenvalue weighted by Crippen LogP contribution is -2.47. The summed E-state index contributed by atoms with van der Waals surface area (Å²) >= 11 is 0. The van der Waals surface area contributed by atoms with Gasteiger partial charge in [0.1, 0.15) is 18.0 Å². The third-order valence-electron chi connectivity index (χ3n) is 6.20. The minimum Gasteiger partial charge on any atom is -0.342 e. The molecule has 1 aliphatic heterocycles. The molecular weight excluding hydrogens is 451 g/mol. The van der Waals surface area contributed by atoms with E-state index in [0.29, 0.717) is 11.6 Å². The molecule has 2 amide bonds. The second-order valence-electron chi connectivity index (χ2n) is 9.10. The van der Waals surface area contributed by atoms with Crippen molar-refractivity contribution in [2.45, 2.75) is 50.9 Å². The third kappa shape index (κ3) is 5.47. The van der Waals surface area contributed by atoms with Crippen molar-refractivity contribution >= 4 is 11.8 Å². The maximum atomic E-state index is 14.4. The fourth-order valence-corrected chi connectivity index (χ4v) is 4.23. The number of nitrogens with zero attached hydrogens (tertiary/aromatic N) is 4. The van der Waals surface area contributed by atoms with Gasteiger partial charge in [0.25, 0.3) is 0 Å². The quantitative estimate of drug-likeness (QED) is 0.537. The van der Waals surface area contributed by atoms with Crippen LogP contribution in [0.15, 0.2) is 53.5 Å². The highest BCUT2D eigenvalue weighted by molar-refractivity contribution is 5.89. The molecule has 2 aromatic heterocycles. The van der Waals surface area contributed by atoms with E-state index >= 15 is 0 Å². The summed E-state index contributed by atoms with van der Waals surface area (Å²) in [6.07, 6.45) is 0.138. The van der Waals surface area contributed by atoms with Gasteiger partial charge in [-0.3, -0.25) is 19.6 Å². The Hall–Kier alpha value is -3.82. The Balaban J connectivity index is 1.55. The van der Waals surface area contributed by atoms with Crippen LogP contribution in [0.5, 0.6) is 0 Å². The molecule has 2 N–H and O–H groups in total. The van der Waals surface area contributed by atoms with Gasteiger partial charge in [-0.05, 0) is 23.1 Å². The van der Waals surface area contributed by atoms with E-state index in [4.69, 9.17) is 0 Å². The second kappa shape index (κ2) is 10.2. The molecule has 184 valence electrons. The van der Waals surface area contributed by atoms with Gasteiger partial charge in [-0.2, -0.15) is 5.10 Å². The van der Waals surface area contributed by atoms with E-state index in [2.05, 4.69) is 34.2 Å². The molecule has 0 aliphatic carbocycles. The SMILES string of the molecule is CC(C)c1ccc(C(NC(=O)C2CC(F)CN2C(=O)Cc2nn(C)c(=O)[nH]2)c2ccccc2)nc1. The highest BCUT2D eigenvalue weighted by atomic mass is 19.1. The molecular formula is C25H29FN6O3. The van der Waals surface area contributed by atoms with Crippen LogP contribution in [0.4, 0.5) is 4.39 Å².